The zero-order chi connectivity index (χ0) is 13.2. The molecule has 2 N–H and O–H groups in total. The molecule has 0 spiro atoms. The Balaban J connectivity index is 2.03. The maximum absolute atomic E-state index is 5.95. The molecule has 19 heavy (non-hydrogen) atoms. The van der Waals surface area contributed by atoms with Gasteiger partial charge in [-0.1, -0.05) is 18.2 Å². The highest BCUT2D eigenvalue weighted by Gasteiger charge is 2.25. The lowest BCUT2D eigenvalue weighted by atomic mass is 10.1. The summed E-state index contributed by atoms with van der Waals surface area (Å²) in [6.07, 6.45) is 1.89. The van der Waals surface area contributed by atoms with Crippen molar-refractivity contribution in [2.24, 2.45) is 5.73 Å². The number of nitrogens with zero attached hydrogens (tertiary/aromatic N) is 3. The van der Waals surface area contributed by atoms with E-state index in [1.165, 1.54) is 11.1 Å². The van der Waals surface area contributed by atoms with Crippen molar-refractivity contribution in [3.63, 3.8) is 0 Å². The summed E-state index contributed by atoms with van der Waals surface area (Å²) < 4.78 is 0. The van der Waals surface area contributed by atoms with Crippen LogP contribution in [0, 0.1) is 0 Å². The molecule has 1 aromatic carbocycles. The second kappa shape index (κ2) is 5.15. The largest absolute Gasteiger partial charge is 0.364 e. The average Bonchev–Trinajstić information content (AvgIpc) is 2.46. The van der Waals surface area contributed by atoms with Crippen LogP contribution in [0.4, 0.5) is 5.69 Å². The van der Waals surface area contributed by atoms with Crippen molar-refractivity contribution in [1.82, 2.24) is 9.88 Å². The van der Waals surface area contributed by atoms with Crippen molar-refractivity contribution < 1.29 is 0 Å². The molecule has 3 rings (SSSR count). The minimum absolute atomic E-state index is 0.379. The normalized spacial score (nSPS) is 20.9. The first kappa shape index (κ1) is 12.4. The summed E-state index contributed by atoms with van der Waals surface area (Å²) in [4.78, 5) is 9.21. The number of fused-ring (bicyclic) bond motifs is 1. The van der Waals surface area contributed by atoms with Gasteiger partial charge in [-0.05, 0) is 19.2 Å². The van der Waals surface area contributed by atoms with Crippen LogP contribution in [-0.4, -0.2) is 49.2 Å². The van der Waals surface area contributed by atoms with E-state index in [1.54, 1.807) is 0 Å². The van der Waals surface area contributed by atoms with E-state index in [0.29, 0.717) is 12.6 Å². The van der Waals surface area contributed by atoms with Crippen LogP contribution in [-0.2, 0) is 0 Å². The van der Waals surface area contributed by atoms with Gasteiger partial charge in [0.2, 0.25) is 0 Å². The molecular formula is C15H20N4. The summed E-state index contributed by atoms with van der Waals surface area (Å²) in [5.41, 5.74) is 8.26. The quantitative estimate of drug-likeness (QED) is 0.880. The summed E-state index contributed by atoms with van der Waals surface area (Å²) in [6, 6.07) is 10.8. The molecule has 0 radical (unpaired) electrons. The number of hydrogen-bond donors (Lipinski definition) is 1. The minimum Gasteiger partial charge on any atom is -0.364 e. The van der Waals surface area contributed by atoms with Crippen molar-refractivity contribution in [1.29, 1.82) is 0 Å². The van der Waals surface area contributed by atoms with Crippen molar-refractivity contribution in [2.45, 2.75) is 6.04 Å². The van der Waals surface area contributed by atoms with Gasteiger partial charge in [0, 0.05) is 43.4 Å². The van der Waals surface area contributed by atoms with Gasteiger partial charge in [-0.15, -0.1) is 0 Å². The number of benzene rings is 1. The second-order valence-electron chi connectivity index (χ2n) is 5.19. The van der Waals surface area contributed by atoms with Crippen LogP contribution in [0.15, 0.2) is 36.5 Å². The van der Waals surface area contributed by atoms with Crippen LogP contribution in [0.2, 0.25) is 0 Å². The van der Waals surface area contributed by atoms with Crippen molar-refractivity contribution in [2.75, 3.05) is 38.1 Å². The van der Waals surface area contributed by atoms with E-state index in [0.717, 1.165) is 25.2 Å². The van der Waals surface area contributed by atoms with Crippen LogP contribution < -0.4 is 10.6 Å². The van der Waals surface area contributed by atoms with E-state index >= 15 is 0 Å². The summed E-state index contributed by atoms with van der Waals surface area (Å²) in [5.74, 6) is 0. The van der Waals surface area contributed by atoms with Crippen LogP contribution >= 0.6 is 0 Å². The molecule has 100 valence electrons. The number of rotatable bonds is 2. The molecule has 0 saturated carbocycles. The minimum atomic E-state index is 0.379. The SMILES string of the molecule is CN1CCN(c2ccnc3ccccc23)C(CN)C1. The molecule has 2 heterocycles. The van der Waals surface area contributed by atoms with Crippen molar-refractivity contribution in [3.8, 4) is 0 Å². The fourth-order valence-corrected chi connectivity index (χ4v) is 2.86. The molecule has 1 saturated heterocycles. The summed E-state index contributed by atoms with van der Waals surface area (Å²) in [6.45, 7) is 3.80. The zero-order valence-electron chi connectivity index (χ0n) is 11.3. The predicted octanol–water partition coefficient (Wildman–Crippen LogP) is 1.31. The number of pyridine rings is 1. The maximum Gasteiger partial charge on any atom is 0.0722 e. The Labute approximate surface area is 113 Å². The molecule has 1 aromatic heterocycles. The summed E-state index contributed by atoms with van der Waals surface area (Å²) in [5, 5.41) is 1.22. The molecular weight excluding hydrogens is 236 g/mol. The number of para-hydroxylation sites is 1. The molecule has 0 amide bonds. The standard InChI is InChI=1S/C15H20N4/c1-18-8-9-19(12(10-16)11-18)15-6-7-17-14-5-3-2-4-13(14)15/h2-7,12H,8-11,16H2,1H3. The van der Waals surface area contributed by atoms with Gasteiger partial charge in [-0.25, -0.2) is 0 Å². The number of aromatic nitrogens is 1. The first-order valence-electron chi connectivity index (χ1n) is 6.78. The third kappa shape index (κ3) is 2.29. The molecule has 0 aliphatic carbocycles. The third-order valence-electron chi connectivity index (χ3n) is 3.89. The lowest BCUT2D eigenvalue weighted by molar-refractivity contribution is 0.270. The van der Waals surface area contributed by atoms with Crippen molar-refractivity contribution in [3.05, 3.63) is 36.5 Å². The molecule has 1 aliphatic rings. The molecule has 2 aromatic rings. The van der Waals surface area contributed by atoms with Gasteiger partial charge in [0.05, 0.1) is 11.6 Å². The van der Waals surface area contributed by atoms with E-state index in [-0.39, 0.29) is 0 Å². The van der Waals surface area contributed by atoms with E-state index in [4.69, 9.17) is 5.73 Å². The lowest BCUT2D eigenvalue weighted by Gasteiger charge is -2.41. The molecule has 1 aliphatic heterocycles. The highest BCUT2D eigenvalue weighted by Crippen LogP contribution is 2.27. The number of nitrogens with two attached hydrogens (primary N) is 1. The number of anilines is 1. The smallest absolute Gasteiger partial charge is 0.0722 e. The van der Waals surface area contributed by atoms with Gasteiger partial charge in [-0.2, -0.15) is 0 Å². The van der Waals surface area contributed by atoms with Gasteiger partial charge in [0.25, 0.3) is 0 Å². The van der Waals surface area contributed by atoms with Gasteiger partial charge >= 0.3 is 0 Å². The van der Waals surface area contributed by atoms with Crippen LogP contribution in [0.5, 0.6) is 0 Å². The Morgan fingerprint density at radius 3 is 2.95 bits per heavy atom. The second-order valence-corrected chi connectivity index (χ2v) is 5.19. The van der Waals surface area contributed by atoms with E-state index < -0.39 is 0 Å². The van der Waals surface area contributed by atoms with Crippen LogP contribution in [0.25, 0.3) is 10.9 Å². The van der Waals surface area contributed by atoms with Gasteiger partial charge in [-0.3, -0.25) is 4.98 Å². The van der Waals surface area contributed by atoms with E-state index in [1.807, 2.05) is 12.3 Å². The van der Waals surface area contributed by atoms with Crippen molar-refractivity contribution >= 4 is 16.6 Å². The lowest BCUT2D eigenvalue weighted by Crippen LogP contribution is -2.55. The fraction of sp³-hybridized carbons (Fsp3) is 0.400. The Morgan fingerprint density at radius 2 is 2.11 bits per heavy atom. The Hall–Kier alpha value is -1.65. The molecule has 1 atom stereocenters. The monoisotopic (exact) mass is 256 g/mol. The average molecular weight is 256 g/mol. The first-order chi connectivity index (χ1) is 9.29. The van der Waals surface area contributed by atoms with Crippen LogP contribution in [0.1, 0.15) is 0 Å². The van der Waals surface area contributed by atoms with Gasteiger partial charge < -0.3 is 15.5 Å². The third-order valence-corrected chi connectivity index (χ3v) is 3.89. The van der Waals surface area contributed by atoms with Gasteiger partial charge in [0.1, 0.15) is 0 Å². The van der Waals surface area contributed by atoms with E-state index in [2.05, 4.69) is 46.1 Å². The molecule has 4 nitrogen and oxygen atoms in total. The highest BCUT2D eigenvalue weighted by atomic mass is 15.3. The molecule has 1 fully saturated rings. The number of likely N-dealkylation sites (N-methyl/N-ethyl adjacent to an activating group) is 1. The molecule has 1 unspecified atom stereocenters. The maximum atomic E-state index is 5.95. The summed E-state index contributed by atoms with van der Waals surface area (Å²) >= 11 is 0. The predicted molar refractivity (Wildman–Crippen MR) is 79.4 cm³/mol. The van der Waals surface area contributed by atoms with Crippen LogP contribution in [0.3, 0.4) is 0 Å². The Bertz CT molecular complexity index is 564. The fourth-order valence-electron chi connectivity index (χ4n) is 2.86. The number of piperazine rings is 1. The van der Waals surface area contributed by atoms with Gasteiger partial charge in [0.15, 0.2) is 0 Å². The first-order valence-corrected chi connectivity index (χ1v) is 6.78. The van der Waals surface area contributed by atoms with E-state index in [9.17, 15) is 0 Å². The highest BCUT2D eigenvalue weighted by molar-refractivity contribution is 5.91. The molecule has 0 bridgehead atoms. The Kier molecular flexibility index (Phi) is 3.36. The Morgan fingerprint density at radius 1 is 1.26 bits per heavy atom. The zero-order valence-corrected chi connectivity index (χ0v) is 11.3. The number of hydrogen-bond acceptors (Lipinski definition) is 4. The summed E-state index contributed by atoms with van der Waals surface area (Å²) in [7, 11) is 2.16. The topological polar surface area (TPSA) is 45.4 Å². The molecule has 4 heteroatoms.